The van der Waals surface area contributed by atoms with E-state index in [9.17, 15) is 9.59 Å². The molecule has 0 saturated carbocycles. The average molecular weight is 620 g/mol. The predicted octanol–water partition coefficient (Wildman–Crippen LogP) is 6.23. The first-order valence-electron chi connectivity index (χ1n) is 13.0. The molecule has 0 aliphatic carbocycles. The van der Waals surface area contributed by atoms with Crippen LogP contribution in [0.1, 0.15) is 13.8 Å². The number of carbonyl (C=O) groups excluding carboxylic acids is 2. The Morgan fingerprint density at radius 2 is 1.00 bits per heavy atom. The molecule has 0 spiro atoms. The van der Waals surface area contributed by atoms with Crippen molar-refractivity contribution in [2.45, 2.75) is 13.8 Å². The summed E-state index contributed by atoms with van der Waals surface area (Å²) in [5, 5.41) is 2.45. The van der Waals surface area contributed by atoms with Crippen LogP contribution in [0.4, 0.5) is 5.69 Å². The topological polar surface area (TPSA) is 74.2 Å². The van der Waals surface area contributed by atoms with E-state index in [2.05, 4.69) is 15.5 Å². The SMILES string of the molecule is CCOC(=O)C(C(=O)OCC)C(=Nc1ccccc1)OP(Br)(c1ccccc1)(c1ccccc1)c1ccccc1. The third kappa shape index (κ3) is 5.86. The maximum absolute atomic E-state index is 13.4. The first kappa shape index (κ1) is 29.2. The fourth-order valence-electron chi connectivity index (χ4n) is 4.38. The normalized spacial score (nSPS) is 12.7. The molecule has 0 aromatic heterocycles. The molecule has 0 unspecified atom stereocenters. The fraction of sp³-hybridized carbons (Fsp3) is 0.156. The summed E-state index contributed by atoms with van der Waals surface area (Å²) in [5.41, 5.74) is -3.60. The minimum absolute atomic E-state index is 0.0708. The van der Waals surface area contributed by atoms with E-state index in [-0.39, 0.29) is 19.1 Å². The van der Waals surface area contributed by atoms with Crippen LogP contribution < -0.4 is 15.9 Å². The number of halogens is 1. The van der Waals surface area contributed by atoms with Crippen molar-refractivity contribution in [3.05, 3.63) is 121 Å². The Kier molecular flexibility index (Phi) is 9.51. The van der Waals surface area contributed by atoms with E-state index in [1.54, 1.807) is 26.0 Å². The Balaban J connectivity index is 2.09. The van der Waals surface area contributed by atoms with E-state index in [0.717, 1.165) is 15.9 Å². The molecule has 4 rings (SSSR count). The summed E-state index contributed by atoms with van der Waals surface area (Å²) < 4.78 is 17.9. The van der Waals surface area contributed by atoms with Crippen molar-refractivity contribution in [1.82, 2.24) is 0 Å². The van der Waals surface area contributed by atoms with E-state index < -0.39 is 23.4 Å². The molecule has 0 fully saturated rings. The quantitative estimate of drug-likeness (QED) is 0.0691. The van der Waals surface area contributed by atoms with Gasteiger partial charge in [-0.1, -0.05) is 0 Å². The number of rotatable bonds is 10. The van der Waals surface area contributed by atoms with Crippen molar-refractivity contribution in [2.24, 2.45) is 10.9 Å². The third-order valence-corrected chi connectivity index (χ3v) is 14.5. The van der Waals surface area contributed by atoms with Gasteiger partial charge in [-0.2, -0.15) is 0 Å². The summed E-state index contributed by atoms with van der Waals surface area (Å²) in [6.45, 7) is 3.50. The van der Waals surface area contributed by atoms with Gasteiger partial charge in [-0.25, -0.2) is 0 Å². The molecule has 206 valence electrons. The molecule has 4 aromatic carbocycles. The van der Waals surface area contributed by atoms with E-state index in [1.165, 1.54) is 0 Å². The van der Waals surface area contributed by atoms with Crippen LogP contribution in [-0.2, 0) is 23.6 Å². The number of para-hydroxylation sites is 1. The van der Waals surface area contributed by atoms with Crippen LogP contribution in [0.15, 0.2) is 126 Å². The molecule has 0 N–H and O–H groups in total. The molecule has 0 radical (unpaired) electrons. The number of hydrogen-bond acceptors (Lipinski definition) is 6. The average Bonchev–Trinajstić information content (AvgIpc) is 2.99. The van der Waals surface area contributed by atoms with Crippen molar-refractivity contribution in [3.8, 4) is 0 Å². The van der Waals surface area contributed by atoms with Crippen molar-refractivity contribution >= 4 is 60.5 Å². The summed E-state index contributed by atoms with van der Waals surface area (Å²) in [5.74, 6) is -3.30. The first-order valence-corrected chi connectivity index (χ1v) is 17.2. The Hall–Kier alpha value is -3.80. The van der Waals surface area contributed by atoms with Crippen LogP contribution in [0.2, 0.25) is 0 Å². The molecule has 40 heavy (non-hydrogen) atoms. The summed E-state index contributed by atoms with van der Waals surface area (Å²) in [7, 11) is 0. The first-order chi connectivity index (χ1) is 19.4. The van der Waals surface area contributed by atoms with Gasteiger partial charge in [0.2, 0.25) is 0 Å². The summed E-state index contributed by atoms with van der Waals surface area (Å²) in [6.07, 6.45) is 0. The van der Waals surface area contributed by atoms with Crippen molar-refractivity contribution < 1.29 is 23.6 Å². The van der Waals surface area contributed by atoms with Crippen molar-refractivity contribution in [1.29, 1.82) is 0 Å². The zero-order valence-electron chi connectivity index (χ0n) is 22.4. The second kappa shape index (κ2) is 13.0. The predicted molar refractivity (Wildman–Crippen MR) is 165 cm³/mol. The van der Waals surface area contributed by atoms with Crippen LogP contribution in [0.5, 0.6) is 0 Å². The number of benzene rings is 4. The molecule has 6 nitrogen and oxygen atoms in total. The van der Waals surface area contributed by atoms with E-state index in [0.29, 0.717) is 5.69 Å². The second-order valence-corrected chi connectivity index (χ2v) is 16.4. The Morgan fingerprint density at radius 3 is 1.35 bits per heavy atom. The Labute approximate surface area is 242 Å². The van der Waals surface area contributed by atoms with Crippen molar-refractivity contribution in [3.63, 3.8) is 0 Å². The monoisotopic (exact) mass is 619 g/mol. The van der Waals surface area contributed by atoms with Crippen LogP contribution in [0.3, 0.4) is 0 Å². The standard InChI is InChI=1S/C32H31BrNO5P/c1-3-37-31(35)29(32(36)38-4-2)30(34-25-17-9-5-10-18-25)39-40(33,26-19-11-6-12-20-26,27-21-13-7-14-22-27)28-23-15-8-16-24-28/h5-24,29H,3-4H2,1-2H3. The number of aliphatic imine (C=N–C) groups is 1. The Bertz CT molecular complexity index is 1330. The molecular formula is C32H31BrNO5P. The van der Waals surface area contributed by atoms with Gasteiger partial charge in [0.25, 0.3) is 0 Å². The Morgan fingerprint density at radius 1 is 0.650 bits per heavy atom. The molecule has 0 bridgehead atoms. The van der Waals surface area contributed by atoms with Crippen LogP contribution in [0, 0.1) is 5.92 Å². The number of esters is 2. The van der Waals surface area contributed by atoms with Crippen molar-refractivity contribution in [2.75, 3.05) is 13.2 Å². The molecule has 0 atom stereocenters. The van der Waals surface area contributed by atoms with Gasteiger partial charge in [0.15, 0.2) is 0 Å². The second-order valence-electron chi connectivity index (χ2n) is 8.75. The van der Waals surface area contributed by atoms with Gasteiger partial charge < -0.3 is 0 Å². The molecule has 0 heterocycles. The third-order valence-electron chi connectivity index (χ3n) is 6.20. The summed E-state index contributed by atoms with van der Waals surface area (Å²) >= 11 is 4.20. The molecule has 4 aromatic rings. The number of ether oxygens (including phenoxy) is 2. The number of nitrogens with zero attached hydrogens (tertiary/aromatic N) is 1. The van der Waals surface area contributed by atoms with Crippen LogP contribution >= 0.6 is 21.0 Å². The zero-order valence-corrected chi connectivity index (χ0v) is 24.8. The molecule has 8 heteroatoms. The molecule has 0 aliphatic heterocycles. The molecule has 0 saturated heterocycles. The zero-order chi connectivity index (χ0) is 28.5. The van der Waals surface area contributed by atoms with E-state index in [4.69, 9.17) is 19.0 Å². The molecular weight excluding hydrogens is 589 g/mol. The van der Waals surface area contributed by atoms with Gasteiger partial charge in [0.05, 0.1) is 0 Å². The van der Waals surface area contributed by atoms with Crippen LogP contribution in [0.25, 0.3) is 0 Å². The van der Waals surface area contributed by atoms with Gasteiger partial charge in [0, 0.05) is 0 Å². The summed E-state index contributed by atoms with van der Waals surface area (Å²) in [6, 6.07) is 38.2. The fourth-order valence-corrected chi connectivity index (χ4v) is 10.8. The van der Waals surface area contributed by atoms with Gasteiger partial charge in [-0.15, -0.1) is 0 Å². The summed E-state index contributed by atoms with van der Waals surface area (Å²) in [4.78, 5) is 31.6. The van der Waals surface area contributed by atoms with Gasteiger partial charge >= 0.3 is 243 Å². The van der Waals surface area contributed by atoms with E-state index in [1.807, 2.05) is 109 Å². The number of hydrogen-bond donors (Lipinski definition) is 0. The minimum atomic E-state index is -4.10. The van der Waals surface area contributed by atoms with Gasteiger partial charge in [0.1, 0.15) is 0 Å². The molecule has 0 amide bonds. The van der Waals surface area contributed by atoms with E-state index >= 15 is 0 Å². The number of carbonyl (C=O) groups is 2. The van der Waals surface area contributed by atoms with Gasteiger partial charge in [-0.05, 0) is 0 Å². The van der Waals surface area contributed by atoms with Crippen LogP contribution in [-0.4, -0.2) is 31.1 Å². The van der Waals surface area contributed by atoms with Gasteiger partial charge in [-0.3, -0.25) is 0 Å². The molecule has 0 aliphatic rings. The maximum atomic E-state index is 13.4.